The number of rotatable bonds is 5. The fraction of sp³-hybridized carbons (Fsp3) is 0.529. The van der Waals surface area contributed by atoms with Gasteiger partial charge in [0.05, 0.1) is 14.2 Å². The number of amides is 1. The summed E-state index contributed by atoms with van der Waals surface area (Å²) >= 11 is 0. The van der Waals surface area contributed by atoms with E-state index in [9.17, 15) is 9.59 Å². The zero-order chi connectivity index (χ0) is 17.6. The van der Waals surface area contributed by atoms with Gasteiger partial charge in [0, 0.05) is 13.5 Å². The summed E-state index contributed by atoms with van der Waals surface area (Å²) in [6.07, 6.45) is -0.242. The van der Waals surface area contributed by atoms with E-state index < -0.39 is 23.7 Å². The fourth-order valence-corrected chi connectivity index (χ4v) is 1.96. The van der Waals surface area contributed by atoms with Crippen molar-refractivity contribution >= 4 is 12.1 Å². The van der Waals surface area contributed by atoms with Crippen LogP contribution in [0.2, 0.25) is 0 Å². The molecule has 0 radical (unpaired) electrons. The van der Waals surface area contributed by atoms with Crippen LogP contribution in [0.25, 0.3) is 0 Å². The number of hydrogen-bond donors (Lipinski definition) is 0. The molecule has 0 heterocycles. The highest BCUT2D eigenvalue weighted by molar-refractivity contribution is 5.81. The van der Waals surface area contributed by atoms with Crippen molar-refractivity contribution in [3.8, 4) is 5.75 Å². The van der Waals surface area contributed by atoms with Crippen LogP contribution in [-0.4, -0.2) is 49.9 Å². The summed E-state index contributed by atoms with van der Waals surface area (Å²) in [6, 6.07) is 6.53. The molecule has 1 aromatic carbocycles. The summed E-state index contributed by atoms with van der Waals surface area (Å²) in [5.74, 6) is 0.234. The number of likely N-dealkylation sites (N-methyl/N-ethyl adjacent to an activating group) is 1. The van der Waals surface area contributed by atoms with Gasteiger partial charge >= 0.3 is 12.1 Å². The van der Waals surface area contributed by atoms with Crippen LogP contribution in [0.5, 0.6) is 5.75 Å². The second-order valence-electron chi connectivity index (χ2n) is 6.18. The minimum atomic E-state index is -0.761. The Balaban J connectivity index is 2.90. The number of benzene rings is 1. The summed E-state index contributed by atoms with van der Waals surface area (Å²) in [5, 5.41) is 0. The molecule has 1 amide bonds. The van der Waals surface area contributed by atoms with Crippen molar-refractivity contribution in [3.63, 3.8) is 0 Å². The second kappa shape index (κ2) is 7.85. The summed E-state index contributed by atoms with van der Waals surface area (Å²) in [5.41, 5.74) is 0.253. The third-order valence-corrected chi connectivity index (χ3v) is 3.21. The normalized spacial score (nSPS) is 12.3. The molecule has 0 fully saturated rings. The molecule has 0 saturated heterocycles. The molecule has 6 nitrogen and oxygen atoms in total. The molecular formula is C17H25NO5. The molecule has 0 unspecified atom stereocenters. The van der Waals surface area contributed by atoms with E-state index in [0.717, 1.165) is 11.3 Å². The smallest absolute Gasteiger partial charge is 0.410 e. The van der Waals surface area contributed by atoms with Gasteiger partial charge in [-0.25, -0.2) is 9.59 Å². The number of methoxy groups -OCH3 is 2. The van der Waals surface area contributed by atoms with Crippen LogP contribution >= 0.6 is 0 Å². The molecule has 1 atom stereocenters. The van der Waals surface area contributed by atoms with Gasteiger partial charge in [0.2, 0.25) is 0 Å². The number of carbonyl (C=O) groups is 2. The van der Waals surface area contributed by atoms with Crippen molar-refractivity contribution in [1.82, 2.24) is 4.90 Å². The summed E-state index contributed by atoms with van der Waals surface area (Å²) in [7, 11) is 4.41. The summed E-state index contributed by atoms with van der Waals surface area (Å²) < 4.78 is 15.2. The van der Waals surface area contributed by atoms with Crippen LogP contribution in [0, 0.1) is 0 Å². The Morgan fingerprint density at radius 2 is 1.70 bits per heavy atom. The van der Waals surface area contributed by atoms with Crippen molar-refractivity contribution in [2.45, 2.75) is 38.8 Å². The molecule has 0 saturated carbocycles. The first-order valence-corrected chi connectivity index (χ1v) is 7.34. The average Bonchev–Trinajstić information content (AvgIpc) is 2.50. The fourth-order valence-electron chi connectivity index (χ4n) is 1.96. The lowest BCUT2D eigenvalue weighted by Crippen LogP contribution is -2.46. The van der Waals surface area contributed by atoms with Crippen LogP contribution in [-0.2, 0) is 20.7 Å². The van der Waals surface area contributed by atoms with Crippen molar-refractivity contribution < 1.29 is 23.8 Å². The van der Waals surface area contributed by atoms with Gasteiger partial charge in [0.1, 0.15) is 17.4 Å². The Labute approximate surface area is 137 Å². The quantitative estimate of drug-likeness (QED) is 0.779. The van der Waals surface area contributed by atoms with E-state index in [0.29, 0.717) is 6.42 Å². The average molecular weight is 323 g/mol. The Bertz CT molecular complexity index is 533. The first-order valence-electron chi connectivity index (χ1n) is 7.34. The Morgan fingerprint density at radius 1 is 1.13 bits per heavy atom. The number of ether oxygens (including phenoxy) is 3. The maximum atomic E-state index is 12.2. The Morgan fingerprint density at radius 3 is 2.13 bits per heavy atom. The van der Waals surface area contributed by atoms with Crippen molar-refractivity contribution in [3.05, 3.63) is 29.8 Å². The molecule has 6 heteroatoms. The lowest BCUT2D eigenvalue weighted by atomic mass is 10.0. The molecule has 1 rings (SSSR count). The van der Waals surface area contributed by atoms with Crippen molar-refractivity contribution in [2.24, 2.45) is 0 Å². The molecule has 0 bridgehead atoms. The van der Waals surface area contributed by atoms with Gasteiger partial charge in [0.15, 0.2) is 0 Å². The van der Waals surface area contributed by atoms with Gasteiger partial charge in [-0.3, -0.25) is 4.90 Å². The van der Waals surface area contributed by atoms with Crippen LogP contribution in [0.3, 0.4) is 0 Å². The number of hydrogen-bond acceptors (Lipinski definition) is 5. The summed E-state index contributed by atoms with van der Waals surface area (Å²) in [6.45, 7) is 5.32. The van der Waals surface area contributed by atoms with Crippen LogP contribution < -0.4 is 4.74 Å². The molecule has 23 heavy (non-hydrogen) atoms. The second-order valence-corrected chi connectivity index (χ2v) is 6.18. The zero-order valence-electron chi connectivity index (χ0n) is 14.6. The topological polar surface area (TPSA) is 65.1 Å². The van der Waals surface area contributed by atoms with E-state index in [4.69, 9.17) is 14.2 Å². The predicted octanol–water partition coefficient (Wildman–Crippen LogP) is 2.65. The van der Waals surface area contributed by atoms with Gasteiger partial charge in [-0.1, -0.05) is 12.1 Å². The third kappa shape index (κ3) is 5.81. The van der Waals surface area contributed by atoms with Crippen molar-refractivity contribution in [2.75, 3.05) is 21.3 Å². The molecule has 0 aromatic heterocycles. The van der Waals surface area contributed by atoms with E-state index in [1.165, 1.54) is 19.1 Å². The highest BCUT2D eigenvalue weighted by Crippen LogP contribution is 2.17. The molecule has 0 aliphatic carbocycles. The van der Waals surface area contributed by atoms with Gasteiger partial charge < -0.3 is 14.2 Å². The maximum Gasteiger partial charge on any atom is 0.410 e. The summed E-state index contributed by atoms with van der Waals surface area (Å²) in [4.78, 5) is 25.5. The van der Waals surface area contributed by atoms with E-state index in [1.54, 1.807) is 40.0 Å². The monoisotopic (exact) mass is 323 g/mol. The third-order valence-electron chi connectivity index (χ3n) is 3.21. The molecule has 0 aliphatic heterocycles. The zero-order valence-corrected chi connectivity index (χ0v) is 14.6. The van der Waals surface area contributed by atoms with E-state index in [-0.39, 0.29) is 0 Å². The van der Waals surface area contributed by atoms with Gasteiger partial charge in [0.25, 0.3) is 0 Å². The highest BCUT2D eigenvalue weighted by atomic mass is 16.6. The lowest BCUT2D eigenvalue weighted by Gasteiger charge is -2.29. The predicted molar refractivity (Wildman–Crippen MR) is 86.5 cm³/mol. The van der Waals surface area contributed by atoms with E-state index in [2.05, 4.69) is 0 Å². The Kier molecular flexibility index (Phi) is 6.42. The van der Waals surface area contributed by atoms with Crippen LogP contribution in [0.15, 0.2) is 24.3 Å². The van der Waals surface area contributed by atoms with Crippen LogP contribution in [0.4, 0.5) is 4.79 Å². The molecule has 1 aromatic rings. The first kappa shape index (κ1) is 18.8. The van der Waals surface area contributed by atoms with Gasteiger partial charge in [-0.15, -0.1) is 0 Å². The number of esters is 1. The Hall–Kier alpha value is -2.24. The van der Waals surface area contributed by atoms with E-state index >= 15 is 0 Å². The molecular weight excluding hydrogens is 298 g/mol. The standard InChI is InChI=1S/C17H25NO5/c1-17(2,3)23-16(20)18(4)14(15(19)22-6)11-12-7-9-13(21-5)10-8-12/h7-10,14H,11H2,1-6H3/t14-/m0/s1. The first-order chi connectivity index (χ1) is 10.7. The molecule has 0 aliphatic rings. The van der Waals surface area contributed by atoms with Gasteiger partial charge in [-0.2, -0.15) is 0 Å². The van der Waals surface area contributed by atoms with Crippen LogP contribution in [0.1, 0.15) is 26.3 Å². The SMILES string of the molecule is COC(=O)[C@H](Cc1ccc(OC)cc1)N(C)C(=O)OC(C)(C)C. The maximum absolute atomic E-state index is 12.2. The highest BCUT2D eigenvalue weighted by Gasteiger charge is 2.31. The minimum absolute atomic E-state index is 0.326. The molecule has 0 N–H and O–H groups in total. The minimum Gasteiger partial charge on any atom is -0.497 e. The lowest BCUT2D eigenvalue weighted by molar-refractivity contribution is -0.146. The largest absolute Gasteiger partial charge is 0.497 e. The number of carbonyl (C=O) groups excluding carboxylic acids is 2. The molecule has 128 valence electrons. The number of nitrogens with zero attached hydrogens (tertiary/aromatic N) is 1. The van der Waals surface area contributed by atoms with Crippen molar-refractivity contribution in [1.29, 1.82) is 0 Å². The van der Waals surface area contributed by atoms with E-state index in [1.807, 2.05) is 12.1 Å². The van der Waals surface area contributed by atoms with Gasteiger partial charge in [-0.05, 0) is 38.5 Å². The molecule has 0 spiro atoms.